The molecule has 8 N–H and O–H groups in total. The van der Waals surface area contributed by atoms with Gasteiger partial charge in [0.1, 0.15) is 53.5 Å². The van der Waals surface area contributed by atoms with Crippen molar-refractivity contribution < 1.29 is 69.0 Å². The number of aromatic hydroxyl groups is 5. The van der Waals surface area contributed by atoms with Crippen LogP contribution in [-0.4, -0.2) is 91.2 Å². The third-order valence-electron chi connectivity index (χ3n) is 7.06. The van der Waals surface area contributed by atoms with E-state index in [1.165, 1.54) is 49.6 Å². The second kappa shape index (κ2) is 12.9. The number of aliphatic hydroxyl groups excluding tert-OH is 3. The number of fused-ring (bicyclic) bond motifs is 1. The fraction of sp³-hybridized carbons (Fsp3) is 0.226. The van der Waals surface area contributed by atoms with Crippen molar-refractivity contribution in [2.45, 2.75) is 30.7 Å². The molecule has 242 valence electrons. The monoisotopic (exact) mass is 640 g/mol. The molecular weight excluding hydrogens is 612 g/mol. The summed E-state index contributed by atoms with van der Waals surface area (Å²) in [4.78, 5) is 26.0. The van der Waals surface area contributed by atoms with Crippen LogP contribution in [0, 0.1) is 0 Å². The number of ether oxygens (including phenoxy) is 4. The Kier molecular flexibility index (Phi) is 8.93. The van der Waals surface area contributed by atoms with E-state index in [1.54, 1.807) is 0 Å². The number of esters is 1. The Hall–Kier alpha value is -5.48. The summed E-state index contributed by atoms with van der Waals surface area (Å²) in [7, 11) is 1.28. The summed E-state index contributed by atoms with van der Waals surface area (Å²) in [6, 6.07) is 9.65. The third-order valence-corrected chi connectivity index (χ3v) is 7.06. The van der Waals surface area contributed by atoms with Crippen molar-refractivity contribution in [1.82, 2.24) is 0 Å². The molecule has 5 atom stereocenters. The van der Waals surface area contributed by atoms with Gasteiger partial charge in [-0.15, -0.1) is 0 Å². The van der Waals surface area contributed by atoms with E-state index in [4.69, 9.17) is 23.4 Å². The lowest BCUT2D eigenvalue weighted by atomic mass is 9.99. The summed E-state index contributed by atoms with van der Waals surface area (Å²) < 4.78 is 27.4. The first kappa shape index (κ1) is 31.9. The minimum absolute atomic E-state index is 0.0180. The molecule has 1 aliphatic heterocycles. The fourth-order valence-corrected chi connectivity index (χ4v) is 4.67. The maximum absolute atomic E-state index is 13.7. The number of phenols is 5. The molecule has 0 radical (unpaired) electrons. The van der Waals surface area contributed by atoms with Gasteiger partial charge in [0, 0.05) is 23.8 Å². The smallest absolute Gasteiger partial charge is 0.330 e. The van der Waals surface area contributed by atoms with Gasteiger partial charge in [-0.2, -0.15) is 0 Å². The summed E-state index contributed by atoms with van der Waals surface area (Å²) in [6.07, 6.45) is -6.71. The molecule has 1 fully saturated rings. The molecule has 1 saturated heterocycles. The van der Waals surface area contributed by atoms with Crippen molar-refractivity contribution in [3.8, 4) is 51.6 Å². The molecule has 5 rings (SSSR count). The van der Waals surface area contributed by atoms with Gasteiger partial charge in [0.15, 0.2) is 28.8 Å². The van der Waals surface area contributed by atoms with E-state index in [2.05, 4.69) is 0 Å². The van der Waals surface area contributed by atoms with Crippen molar-refractivity contribution in [3.63, 3.8) is 0 Å². The van der Waals surface area contributed by atoms with E-state index < -0.39 is 77.1 Å². The number of hydrogen-bond donors (Lipinski definition) is 8. The highest BCUT2D eigenvalue weighted by molar-refractivity contribution is 5.88. The van der Waals surface area contributed by atoms with Gasteiger partial charge in [0.25, 0.3) is 0 Å². The van der Waals surface area contributed by atoms with Crippen LogP contribution in [0.2, 0.25) is 0 Å². The molecule has 4 aromatic rings. The van der Waals surface area contributed by atoms with E-state index >= 15 is 0 Å². The predicted molar refractivity (Wildman–Crippen MR) is 157 cm³/mol. The lowest BCUT2D eigenvalue weighted by Gasteiger charge is -2.39. The Morgan fingerprint density at radius 3 is 2.33 bits per heavy atom. The number of carbonyl (C=O) groups excluding carboxylic acids is 1. The van der Waals surface area contributed by atoms with Gasteiger partial charge in [-0.05, 0) is 42.0 Å². The molecular formula is C31H28O15. The molecule has 46 heavy (non-hydrogen) atoms. The minimum atomic E-state index is -1.95. The maximum Gasteiger partial charge on any atom is 0.330 e. The summed E-state index contributed by atoms with van der Waals surface area (Å²) in [5.74, 6) is -3.98. The summed E-state index contributed by atoms with van der Waals surface area (Å²) in [6.45, 7) is -0.650. The van der Waals surface area contributed by atoms with Crippen LogP contribution >= 0.6 is 0 Å². The number of carbonyl (C=O) groups is 1. The average Bonchev–Trinajstić information content (AvgIpc) is 3.02. The van der Waals surface area contributed by atoms with Crippen LogP contribution < -0.4 is 14.9 Å². The zero-order valence-corrected chi connectivity index (χ0v) is 23.8. The van der Waals surface area contributed by atoms with Gasteiger partial charge in [-0.25, -0.2) is 4.79 Å². The van der Waals surface area contributed by atoms with Crippen molar-refractivity contribution in [3.05, 3.63) is 70.4 Å². The molecule has 0 aliphatic carbocycles. The normalized spacial score (nSPS) is 21.3. The topological polar surface area (TPSA) is 246 Å². The molecule has 0 amide bonds. The Bertz CT molecular complexity index is 1860. The zero-order valence-electron chi connectivity index (χ0n) is 23.8. The second-order valence-corrected chi connectivity index (χ2v) is 10.2. The molecule has 3 aromatic carbocycles. The lowest BCUT2D eigenvalue weighted by molar-refractivity contribution is -0.278. The van der Waals surface area contributed by atoms with Gasteiger partial charge < -0.3 is 64.2 Å². The van der Waals surface area contributed by atoms with E-state index in [9.17, 15) is 50.4 Å². The fourth-order valence-electron chi connectivity index (χ4n) is 4.67. The first-order chi connectivity index (χ1) is 21.9. The first-order valence-corrected chi connectivity index (χ1v) is 13.5. The average molecular weight is 641 g/mol. The quantitative estimate of drug-likeness (QED) is 0.0771. The van der Waals surface area contributed by atoms with Crippen LogP contribution in [0.1, 0.15) is 5.56 Å². The molecule has 1 aromatic heterocycles. The predicted octanol–water partition coefficient (Wildman–Crippen LogP) is 1.44. The zero-order chi connectivity index (χ0) is 33.3. The number of rotatable bonds is 8. The van der Waals surface area contributed by atoms with Crippen LogP contribution in [0.15, 0.2) is 63.8 Å². The first-order valence-electron chi connectivity index (χ1n) is 13.5. The van der Waals surface area contributed by atoms with Crippen LogP contribution in [0.25, 0.3) is 28.4 Å². The molecule has 0 spiro atoms. The highest BCUT2D eigenvalue weighted by Gasteiger charge is 2.46. The van der Waals surface area contributed by atoms with Crippen molar-refractivity contribution in [1.29, 1.82) is 0 Å². The highest BCUT2D eigenvalue weighted by Crippen LogP contribution is 2.39. The molecule has 15 heteroatoms. The highest BCUT2D eigenvalue weighted by atomic mass is 16.7. The molecule has 0 unspecified atom stereocenters. The van der Waals surface area contributed by atoms with Crippen molar-refractivity contribution in [2.24, 2.45) is 0 Å². The summed E-state index contributed by atoms with van der Waals surface area (Å²) >= 11 is 0. The van der Waals surface area contributed by atoms with Gasteiger partial charge in [0.05, 0.1) is 7.11 Å². The molecule has 15 nitrogen and oxygen atoms in total. The Morgan fingerprint density at radius 1 is 0.870 bits per heavy atom. The standard InChI is InChI=1S/C31H28O15/c1-42-20-9-14(4-6-17(20)34)29-30(26(39)24-19(36)10-15(32)11-21(24)44-29)46-31-28(41)27(40)25(38)22(45-31)12-43-23(37)7-3-13-2-5-16(33)18(35)8-13/h2-11,22,25,27-28,31-36,38,40-41H,12H2,1H3/t22-,25+,27+,28-,31+/m1/s1. The molecule has 1 aliphatic rings. The maximum atomic E-state index is 13.7. The van der Waals surface area contributed by atoms with Crippen molar-refractivity contribution in [2.75, 3.05) is 13.7 Å². The van der Waals surface area contributed by atoms with Crippen molar-refractivity contribution >= 4 is 23.0 Å². The van der Waals surface area contributed by atoms with Crippen LogP contribution in [-0.2, 0) is 14.3 Å². The largest absolute Gasteiger partial charge is 0.508 e. The Labute approximate surface area is 258 Å². The number of hydrogen-bond acceptors (Lipinski definition) is 15. The van der Waals surface area contributed by atoms with Gasteiger partial charge in [-0.1, -0.05) is 6.07 Å². The number of phenolic OH excluding ortho intramolecular Hbond substituents is 5. The molecule has 0 bridgehead atoms. The number of methoxy groups -OCH3 is 1. The number of benzene rings is 3. The lowest BCUT2D eigenvalue weighted by Crippen LogP contribution is -2.60. The van der Waals surface area contributed by atoms with E-state index in [-0.39, 0.29) is 34.2 Å². The van der Waals surface area contributed by atoms with E-state index in [1.807, 2.05) is 0 Å². The van der Waals surface area contributed by atoms with E-state index in [0.29, 0.717) is 5.56 Å². The molecule has 2 heterocycles. The minimum Gasteiger partial charge on any atom is -0.508 e. The molecule has 0 saturated carbocycles. The second-order valence-electron chi connectivity index (χ2n) is 10.2. The third kappa shape index (κ3) is 6.33. The van der Waals surface area contributed by atoms with Gasteiger partial charge >= 0.3 is 5.97 Å². The number of aliphatic hydroxyl groups is 3. The summed E-state index contributed by atoms with van der Waals surface area (Å²) in [5, 5.41) is 80.8. The Morgan fingerprint density at radius 2 is 1.61 bits per heavy atom. The summed E-state index contributed by atoms with van der Waals surface area (Å²) in [5.41, 5.74) is -0.772. The Balaban J connectivity index is 1.44. The van der Waals surface area contributed by atoms with Crippen LogP contribution in [0.3, 0.4) is 0 Å². The van der Waals surface area contributed by atoms with Crippen LogP contribution in [0.4, 0.5) is 0 Å². The van der Waals surface area contributed by atoms with Crippen LogP contribution in [0.5, 0.6) is 40.2 Å². The van der Waals surface area contributed by atoms with Gasteiger partial charge in [-0.3, -0.25) is 4.79 Å². The van der Waals surface area contributed by atoms with E-state index in [0.717, 1.165) is 18.2 Å². The SMILES string of the molecule is COc1cc(-c2oc3cc(O)cc(O)c3c(=O)c2O[C@@H]2O[C@H](COC(=O)C=Cc3ccc(O)c(O)c3)[C@H](O)[C@H](O)[C@H]2O)ccc1O. The van der Waals surface area contributed by atoms with Gasteiger partial charge in [0.2, 0.25) is 17.5 Å².